The van der Waals surface area contributed by atoms with Gasteiger partial charge in [-0.3, -0.25) is 9.59 Å². The number of aryl methyl sites for hydroxylation is 1. The van der Waals surface area contributed by atoms with Crippen molar-refractivity contribution in [3.05, 3.63) is 23.3 Å². The first-order valence-corrected chi connectivity index (χ1v) is 8.51. The third-order valence-electron chi connectivity index (χ3n) is 4.48. The molecule has 0 bridgehead atoms. The largest absolute Gasteiger partial charge is 0.493 e. The Labute approximate surface area is 160 Å². The van der Waals surface area contributed by atoms with E-state index >= 15 is 0 Å². The molecule has 146 valence electrons. The van der Waals surface area contributed by atoms with Crippen LogP contribution in [0.25, 0.3) is 0 Å². The van der Waals surface area contributed by atoms with Gasteiger partial charge in [0.25, 0.3) is 5.91 Å². The molecule has 0 radical (unpaired) electrons. The lowest BCUT2D eigenvalue weighted by atomic mass is 9.96. The molecule has 1 heterocycles. The lowest BCUT2D eigenvalue weighted by Crippen LogP contribution is -2.46. The fraction of sp³-hybridized carbons (Fsp3) is 0.556. The van der Waals surface area contributed by atoms with E-state index < -0.39 is 0 Å². The van der Waals surface area contributed by atoms with Crippen LogP contribution in [0.1, 0.15) is 28.8 Å². The number of methoxy groups -OCH3 is 2. The second-order valence-corrected chi connectivity index (χ2v) is 6.19. The topological polar surface area (TPSA) is 93.9 Å². The maximum Gasteiger partial charge on any atom is 0.254 e. The van der Waals surface area contributed by atoms with Crippen LogP contribution in [-0.2, 0) is 4.79 Å². The van der Waals surface area contributed by atoms with Crippen molar-refractivity contribution >= 4 is 24.2 Å². The highest BCUT2D eigenvalue weighted by atomic mass is 35.5. The van der Waals surface area contributed by atoms with Crippen molar-refractivity contribution in [2.24, 2.45) is 11.7 Å². The first-order valence-electron chi connectivity index (χ1n) is 8.51. The van der Waals surface area contributed by atoms with Crippen LogP contribution >= 0.6 is 12.4 Å². The minimum atomic E-state index is -0.190. The third-order valence-corrected chi connectivity index (χ3v) is 4.48. The van der Waals surface area contributed by atoms with Crippen LogP contribution in [0.4, 0.5) is 0 Å². The molecule has 1 unspecified atom stereocenters. The molecular formula is C18H28ClN3O4. The summed E-state index contributed by atoms with van der Waals surface area (Å²) in [4.78, 5) is 26.9. The van der Waals surface area contributed by atoms with Crippen molar-refractivity contribution in [2.45, 2.75) is 19.8 Å². The lowest BCUT2D eigenvalue weighted by molar-refractivity contribution is -0.126. The molecule has 26 heavy (non-hydrogen) atoms. The molecule has 8 heteroatoms. The fourth-order valence-corrected chi connectivity index (χ4v) is 3.10. The Kier molecular flexibility index (Phi) is 8.68. The number of carbonyl (C=O) groups excluding carboxylic acids is 2. The van der Waals surface area contributed by atoms with Gasteiger partial charge in [-0.25, -0.2) is 0 Å². The summed E-state index contributed by atoms with van der Waals surface area (Å²) in [7, 11) is 3.11. The number of hydrogen-bond donors (Lipinski definition) is 2. The normalized spacial score (nSPS) is 16.5. The molecule has 2 rings (SSSR count). The van der Waals surface area contributed by atoms with Gasteiger partial charge in [0.2, 0.25) is 5.91 Å². The minimum absolute atomic E-state index is 0. The second kappa shape index (κ2) is 10.2. The number of likely N-dealkylation sites (tertiary alicyclic amines) is 1. The van der Waals surface area contributed by atoms with Gasteiger partial charge >= 0.3 is 0 Å². The van der Waals surface area contributed by atoms with E-state index in [2.05, 4.69) is 5.32 Å². The van der Waals surface area contributed by atoms with Gasteiger partial charge in [-0.15, -0.1) is 12.4 Å². The molecule has 0 saturated carbocycles. The number of rotatable bonds is 6. The standard InChI is InChI=1S/C18H27N3O4.ClH/c1-12-9-15(24-2)16(25-3)10-14(12)18(23)21-8-4-5-13(11-21)17(22)20-7-6-19;/h9-10,13H,4-8,11,19H2,1-3H3,(H,20,22);1H. The summed E-state index contributed by atoms with van der Waals surface area (Å²) < 4.78 is 10.6. The van der Waals surface area contributed by atoms with Crippen LogP contribution in [0.15, 0.2) is 12.1 Å². The molecule has 0 spiro atoms. The molecule has 0 aromatic heterocycles. The van der Waals surface area contributed by atoms with Crippen molar-refractivity contribution in [3.63, 3.8) is 0 Å². The van der Waals surface area contributed by atoms with E-state index in [0.29, 0.717) is 43.2 Å². The quantitative estimate of drug-likeness (QED) is 0.771. The molecule has 1 aliphatic heterocycles. The molecule has 7 nitrogen and oxygen atoms in total. The van der Waals surface area contributed by atoms with Gasteiger partial charge in [-0.2, -0.15) is 0 Å². The van der Waals surface area contributed by atoms with Crippen LogP contribution < -0.4 is 20.5 Å². The molecule has 1 saturated heterocycles. The summed E-state index contributed by atoms with van der Waals surface area (Å²) in [6, 6.07) is 3.50. The van der Waals surface area contributed by atoms with Gasteiger partial charge in [0.15, 0.2) is 11.5 Å². The average Bonchev–Trinajstić information content (AvgIpc) is 2.65. The number of halogens is 1. The Hall–Kier alpha value is -1.99. The highest BCUT2D eigenvalue weighted by Crippen LogP contribution is 2.31. The highest BCUT2D eigenvalue weighted by Gasteiger charge is 2.29. The minimum Gasteiger partial charge on any atom is -0.493 e. The number of amides is 2. The molecule has 1 fully saturated rings. The fourth-order valence-electron chi connectivity index (χ4n) is 3.10. The SMILES string of the molecule is COc1cc(C)c(C(=O)N2CCCC(C(=O)NCCN)C2)cc1OC.Cl. The van der Waals surface area contributed by atoms with Gasteiger partial charge < -0.3 is 25.4 Å². The van der Waals surface area contributed by atoms with Crippen molar-refractivity contribution in [1.82, 2.24) is 10.2 Å². The van der Waals surface area contributed by atoms with Crippen LogP contribution in [0.2, 0.25) is 0 Å². The van der Waals surface area contributed by atoms with Gasteiger partial charge in [0, 0.05) is 31.7 Å². The molecule has 3 N–H and O–H groups in total. The van der Waals surface area contributed by atoms with Crippen LogP contribution in [-0.4, -0.2) is 57.1 Å². The Morgan fingerprint density at radius 1 is 1.27 bits per heavy atom. The predicted molar refractivity (Wildman–Crippen MR) is 102 cm³/mol. The summed E-state index contributed by atoms with van der Waals surface area (Å²) in [6.07, 6.45) is 1.59. The molecule has 0 aliphatic carbocycles. The molecule has 1 aromatic rings. The van der Waals surface area contributed by atoms with E-state index in [1.54, 1.807) is 31.3 Å². The van der Waals surface area contributed by atoms with Gasteiger partial charge in [0.05, 0.1) is 20.1 Å². The first-order chi connectivity index (χ1) is 12.0. The zero-order valence-electron chi connectivity index (χ0n) is 15.5. The summed E-state index contributed by atoms with van der Waals surface area (Å²) in [6.45, 7) is 3.80. The average molecular weight is 386 g/mol. The molecule has 1 aliphatic rings. The maximum atomic E-state index is 12.9. The molecule has 2 amide bonds. The van der Waals surface area contributed by atoms with E-state index in [1.165, 1.54) is 0 Å². The van der Waals surface area contributed by atoms with E-state index in [9.17, 15) is 9.59 Å². The zero-order chi connectivity index (χ0) is 18.4. The van der Waals surface area contributed by atoms with E-state index in [4.69, 9.17) is 15.2 Å². The van der Waals surface area contributed by atoms with Gasteiger partial charge in [0.1, 0.15) is 0 Å². The van der Waals surface area contributed by atoms with E-state index in [-0.39, 0.29) is 30.1 Å². The number of ether oxygens (including phenoxy) is 2. The monoisotopic (exact) mass is 385 g/mol. The Bertz CT molecular complexity index is 639. The zero-order valence-corrected chi connectivity index (χ0v) is 16.4. The van der Waals surface area contributed by atoms with Crippen molar-refractivity contribution in [3.8, 4) is 11.5 Å². The van der Waals surface area contributed by atoms with Crippen molar-refractivity contribution in [1.29, 1.82) is 0 Å². The van der Waals surface area contributed by atoms with Crippen LogP contribution in [0.3, 0.4) is 0 Å². The van der Waals surface area contributed by atoms with E-state index in [0.717, 1.165) is 18.4 Å². The smallest absolute Gasteiger partial charge is 0.254 e. The Morgan fingerprint density at radius 3 is 2.54 bits per heavy atom. The Balaban J connectivity index is 0.00000338. The number of hydrogen-bond acceptors (Lipinski definition) is 5. The molecular weight excluding hydrogens is 358 g/mol. The number of piperidine rings is 1. The lowest BCUT2D eigenvalue weighted by Gasteiger charge is -2.32. The van der Waals surface area contributed by atoms with Gasteiger partial charge in [-0.05, 0) is 37.5 Å². The molecule has 1 aromatic carbocycles. The third kappa shape index (κ3) is 5.02. The predicted octanol–water partition coefficient (Wildman–Crippen LogP) is 1.36. The van der Waals surface area contributed by atoms with Crippen LogP contribution in [0, 0.1) is 12.8 Å². The summed E-state index contributed by atoms with van der Waals surface area (Å²) in [5, 5.41) is 2.81. The first kappa shape index (κ1) is 22.1. The van der Waals surface area contributed by atoms with Crippen molar-refractivity contribution in [2.75, 3.05) is 40.4 Å². The summed E-state index contributed by atoms with van der Waals surface area (Å²) in [5.41, 5.74) is 6.81. The number of nitrogens with zero attached hydrogens (tertiary/aromatic N) is 1. The number of benzene rings is 1. The van der Waals surface area contributed by atoms with E-state index in [1.807, 2.05) is 6.92 Å². The number of nitrogens with one attached hydrogen (secondary N) is 1. The van der Waals surface area contributed by atoms with Crippen LogP contribution in [0.5, 0.6) is 11.5 Å². The van der Waals surface area contributed by atoms with Gasteiger partial charge in [-0.1, -0.05) is 0 Å². The molecule has 1 atom stereocenters. The Morgan fingerprint density at radius 2 is 1.92 bits per heavy atom. The number of nitrogens with two attached hydrogens (primary N) is 1. The number of carbonyl (C=O) groups is 2. The summed E-state index contributed by atoms with van der Waals surface area (Å²) in [5.74, 6) is 0.798. The summed E-state index contributed by atoms with van der Waals surface area (Å²) >= 11 is 0. The van der Waals surface area contributed by atoms with Crippen molar-refractivity contribution < 1.29 is 19.1 Å². The second-order valence-electron chi connectivity index (χ2n) is 6.19. The highest BCUT2D eigenvalue weighted by molar-refractivity contribution is 5.97. The maximum absolute atomic E-state index is 12.9.